The van der Waals surface area contributed by atoms with Crippen molar-refractivity contribution in [1.29, 1.82) is 0 Å². The van der Waals surface area contributed by atoms with E-state index in [0.29, 0.717) is 18.0 Å². The first kappa shape index (κ1) is 13.7. The first-order chi connectivity index (χ1) is 10.8. The van der Waals surface area contributed by atoms with Crippen LogP contribution in [0.4, 0.5) is 10.5 Å². The molecule has 2 fully saturated rings. The van der Waals surface area contributed by atoms with Crippen molar-refractivity contribution < 1.29 is 19.0 Å². The normalized spacial score (nSPS) is 22.9. The number of fused-ring (bicyclic) bond motifs is 1. The molecule has 1 unspecified atom stereocenters. The lowest BCUT2D eigenvalue weighted by Crippen LogP contribution is -2.34. The molecule has 2 heterocycles. The zero-order valence-corrected chi connectivity index (χ0v) is 12.4. The van der Waals surface area contributed by atoms with Crippen molar-refractivity contribution in [1.82, 2.24) is 4.90 Å². The van der Waals surface area contributed by atoms with Gasteiger partial charge in [0.25, 0.3) is 0 Å². The Labute approximate surface area is 129 Å². The van der Waals surface area contributed by atoms with Crippen LogP contribution in [0.5, 0.6) is 11.5 Å². The number of carbonyl (C=O) groups is 1. The number of benzene rings is 1. The molecule has 1 aliphatic carbocycles. The highest BCUT2D eigenvalue weighted by molar-refractivity contribution is 5.90. The first-order valence-corrected chi connectivity index (χ1v) is 7.85. The van der Waals surface area contributed by atoms with Crippen LogP contribution in [0.3, 0.4) is 0 Å². The van der Waals surface area contributed by atoms with E-state index in [9.17, 15) is 4.79 Å². The third-order valence-electron chi connectivity index (χ3n) is 4.32. The SMILES string of the molecule is O=C(Nc1ccc2c(c1)OCO2)N1CCC(OCC2CC2)C1. The lowest BCUT2D eigenvalue weighted by atomic mass is 10.3. The number of carbonyl (C=O) groups excluding carboxylic acids is 1. The van der Waals surface area contributed by atoms with E-state index in [1.54, 1.807) is 6.07 Å². The first-order valence-electron chi connectivity index (χ1n) is 7.85. The van der Waals surface area contributed by atoms with Gasteiger partial charge in [0.15, 0.2) is 11.5 Å². The summed E-state index contributed by atoms with van der Waals surface area (Å²) >= 11 is 0. The Bertz CT molecular complexity index is 573. The molecule has 1 aromatic carbocycles. The molecular formula is C16H20N2O4. The molecule has 0 radical (unpaired) electrons. The Balaban J connectivity index is 1.30. The number of nitrogens with one attached hydrogen (secondary N) is 1. The molecule has 22 heavy (non-hydrogen) atoms. The van der Waals surface area contributed by atoms with Crippen LogP contribution in [0, 0.1) is 5.92 Å². The Morgan fingerprint density at radius 2 is 2.14 bits per heavy atom. The maximum atomic E-state index is 12.3. The number of nitrogens with zero attached hydrogens (tertiary/aromatic N) is 1. The van der Waals surface area contributed by atoms with Crippen molar-refractivity contribution in [2.24, 2.45) is 5.92 Å². The van der Waals surface area contributed by atoms with E-state index >= 15 is 0 Å². The number of anilines is 1. The van der Waals surface area contributed by atoms with Crippen LogP contribution in [0.15, 0.2) is 18.2 Å². The standard InChI is InChI=1S/C16H20N2O4/c19-16(17-12-3-4-14-15(7-12)22-10-21-14)18-6-5-13(8-18)20-9-11-1-2-11/h3-4,7,11,13H,1-2,5-6,8-10H2,(H,17,19). The van der Waals surface area contributed by atoms with Gasteiger partial charge in [-0.1, -0.05) is 0 Å². The molecule has 6 heteroatoms. The number of rotatable bonds is 4. The van der Waals surface area contributed by atoms with E-state index in [1.165, 1.54) is 12.8 Å². The van der Waals surface area contributed by atoms with Crippen molar-refractivity contribution >= 4 is 11.7 Å². The minimum absolute atomic E-state index is 0.0867. The van der Waals surface area contributed by atoms with Gasteiger partial charge in [0.05, 0.1) is 6.10 Å². The van der Waals surface area contributed by atoms with Crippen molar-refractivity contribution in [3.63, 3.8) is 0 Å². The van der Waals surface area contributed by atoms with Crippen LogP contribution in [0.2, 0.25) is 0 Å². The summed E-state index contributed by atoms with van der Waals surface area (Å²) in [5.41, 5.74) is 0.719. The molecule has 1 saturated heterocycles. The predicted octanol–water partition coefficient (Wildman–Crippen LogP) is 2.45. The fraction of sp³-hybridized carbons (Fsp3) is 0.562. The van der Waals surface area contributed by atoms with E-state index in [1.807, 2.05) is 17.0 Å². The molecule has 0 aromatic heterocycles. The molecular weight excluding hydrogens is 284 g/mol. The van der Waals surface area contributed by atoms with E-state index in [4.69, 9.17) is 14.2 Å². The average Bonchev–Trinajstić information content (AvgIpc) is 3.04. The summed E-state index contributed by atoms with van der Waals surface area (Å²) in [5.74, 6) is 2.15. The Kier molecular flexibility index (Phi) is 3.54. The lowest BCUT2D eigenvalue weighted by Gasteiger charge is -2.17. The molecule has 1 saturated carbocycles. The van der Waals surface area contributed by atoms with Crippen LogP contribution in [0.1, 0.15) is 19.3 Å². The number of ether oxygens (including phenoxy) is 3. The van der Waals surface area contributed by atoms with E-state index in [2.05, 4.69) is 5.32 Å². The van der Waals surface area contributed by atoms with Gasteiger partial charge in [0, 0.05) is 31.5 Å². The third kappa shape index (κ3) is 2.97. The zero-order valence-electron chi connectivity index (χ0n) is 12.4. The van der Waals surface area contributed by atoms with Gasteiger partial charge in [0.2, 0.25) is 6.79 Å². The summed E-state index contributed by atoms with van der Waals surface area (Å²) in [6.45, 7) is 2.50. The van der Waals surface area contributed by atoms with Gasteiger partial charge in [-0.2, -0.15) is 0 Å². The van der Waals surface area contributed by atoms with Gasteiger partial charge in [-0.15, -0.1) is 0 Å². The van der Waals surface area contributed by atoms with Crippen molar-refractivity contribution in [2.45, 2.75) is 25.4 Å². The van der Waals surface area contributed by atoms with E-state index < -0.39 is 0 Å². The number of hydrogen-bond donors (Lipinski definition) is 1. The van der Waals surface area contributed by atoms with Gasteiger partial charge in [-0.05, 0) is 37.3 Å². The molecule has 3 aliphatic rings. The molecule has 1 atom stereocenters. The fourth-order valence-electron chi connectivity index (χ4n) is 2.78. The highest BCUT2D eigenvalue weighted by Gasteiger charge is 2.29. The van der Waals surface area contributed by atoms with Crippen LogP contribution in [-0.4, -0.2) is 43.5 Å². The number of likely N-dealkylation sites (tertiary alicyclic amines) is 1. The van der Waals surface area contributed by atoms with E-state index in [0.717, 1.165) is 31.2 Å². The quantitative estimate of drug-likeness (QED) is 0.928. The second-order valence-electron chi connectivity index (χ2n) is 6.13. The Hall–Kier alpha value is -1.95. The second kappa shape index (κ2) is 5.68. The summed E-state index contributed by atoms with van der Waals surface area (Å²) in [6.07, 6.45) is 3.69. The number of amides is 2. The fourth-order valence-corrected chi connectivity index (χ4v) is 2.78. The lowest BCUT2D eigenvalue weighted by molar-refractivity contribution is 0.0543. The Morgan fingerprint density at radius 1 is 1.27 bits per heavy atom. The van der Waals surface area contributed by atoms with Gasteiger partial charge in [0.1, 0.15) is 0 Å². The van der Waals surface area contributed by atoms with Crippen LogP contribution in [-0.2, 0) is 4.74 Å². The second-order valence-corrected chi connectivity index (χ2v) is 6.13. The predicted molar refractivity (Wildman–Crippen MR) is 80.2 cm³/mol. The maximum absolute atomic E-state index is 12.3. The Morgan fingerprint density at radius 3 is 3.00 bits per heavy atom. The smallest absolute Gasteiger partial charge is 0.321 e. The monoisotopic (exact) mass is 304 g/mol. The van der Waals surface area contributed by atoms with Crippen LogP contribution >= 0.6 is 0 Å². The summed E-state index contributed by atoms with van der Waals surface area (Å²) in [4.78, 5) is 14.1. The molecule has 2 amide bonds. The van der Waals surface area contributed by atoms with E-state index in [-0.39, 0.29) is 18.9 Å². The third-order valence-corrected chi connectivity index (χ3v) is 4.32. The molecule has 4 rings (SSSR count). The van der Waals surface area contributed by atoms with Gasteiger partial charge < -0.3 is 24.4 Å². The zero-order chi connectivity index (χ0) is 14.9. The van der Waals surface area contributed by atoms with Crippen molar-refractivity contribution in [3.05, 3.63) is 18.2 Å². The summed E-state index contributed by atoms with van der Waals surface area (Å²) in [7, 11) is 0. The highest BCUT2D eigenvalue weighted by Crippen LogP contribution is 2.34. The summed E-state index contributed by atoms with van der Waals surface area (Å²) < 4.78 is 16.4. The molecule has 6 nitrogen and oxygen atoms in total. The average molecular weight is 304 g/mol. The molecule has 1 aromatic rings. The largest absolute Gasteiger partial charge is 0.454 e. The summed E-state index contributed by atoms with van der Waals surface area (Å²) in [5, 5.41) is 2.91. The minimum Gasteiger partial charge on any atom is -0.454 e. The van der Waals surface area contributed by atoms with Crippen LogP contribution in [0.25, 0.3) is 0 Å². The molecule has 2 aliphatic heterocycles. The van der Waals surface area contributed by atoms with Crippen LogP contribution < -0.4 is 14.8 Å². The molecule has 0 bridgehead atoms. The van der Waals surface area contributed by atoms with Gasteiger partial charge in [-0.25, -0.2) is 4.79 Å². The number of hydrogen-bond acceptors (Lipinski definition) is 4. The topological polar surface area (TPSA) is 60.0 Å². The van der Waals surface area contributed by atoms with Gasteiger partial charge in [-0.3, -0.25) is 0 Å². The molecule has 1 N–H and O–H groups in total. The minimum atomic E-state index is -0.0867. The van der Waals surface area contributed by atoms with Crippen molar-refractivity contribution in [2.75, 3.05) is 31.8 Å². The molecule has 118 valence electrons. The maximum Gasteiger partial charge on any atom is 0.321 e. The molecule has 0 spiro atoms. The summed E-state index contributed by atoms with van der Waals surface area (Å²) in [6, 6.07) is 5.33. The number of urea groups is 1. The highest BCUT2D eigenvalue weighted by atomic mass is 16.7. The van der Waals surface area contributed by atoms with Gasteiger partial charge >= 0.3 is 6.03 Å². The van der Waals surface area contributed by atoms with Crippen molar-refractivity contribution in [3.8, 4) is 11.5 Å².